The number of aromatic nitrogens is 1. The Balaban J connectivity index is 0.00000288. The first-order chi connectivity index (χ1) is 11.2. The highest BCUT2D eigenvalue weighted by atomic mass is 127. The molecule has 0 saturated heterocycles. The quantitative estimate of drug-likeness (QED) is 0.263. The van der Waals surface area contributed by atoms with Crippen molar-refractivity contribution in [3.8, 4) is 10.6 Å². The van der Waals surface area contributed by atoms with Gasteiger partial charge >= 0.3 is 0 Å². The SMILES string of the molecule is CCNC(=NCCOC)NCCc1ccc(-c2csc(C)n2)s1.I. The van der Waals surface area contributed by atoms with Crippen LogP contribution in [0.25, 0.3) is 10.6 Å². The Bertz CT molecular complexity index is 627. The van der Waals surface area contributed by atoms with Gasteiger partial charge in [-0.2, -0.15) is 0 Å². The summed E-state index contributed by atoms with van der Waals surface area (Å²) >= 11 is 3.50. The second-order valence-electron chi connectivity index (χ2n) is 4.95. The van der Waals surface area contributed by atoms with Crippen molar-refractivity contribution in [2.45, 2.75) is 20.3 Å². The molecule has 134 valence electrons. The van der Waals surface area contributed by atoms with Crippen molar-refractivity contribution in [3.05, 3.63) is 27.4 Å². The van der Waals surface area contributed by atoms with Crippen LogP contribution in [0.1, 0.15) is 16.8 Å². The Hall–Kier alpha value is -0.710. The number of halogens is 1. The summed E-state index contributed by atoms with van der Waals surface area (Å²) in [6.45, 7) is 7.11. The molecule has 5 nitrogen and oxygen atoms in total. The number of hydrogen-bond acceptors (Lipinski definition) is 5. The molecule has 2 aromatic rings. The Kier molecular flexibility index (Phi) is 10.5. The summed E-state index contributed by atoms with van der Waals surface area (Å²) in [5.41, 5.74) is 1.09. The average Bonchev–Trinajstić information content (AvgIpc) is 3.16. The fourth-order valence-electron chi connectivity index (χ4n) is 2.02. The van der Waals surface area contributed by atoms with E-state index in [9.17, 15) is 0 Å². The summed E-state index contributed by atoms with van der Waals surface area (Å²) in [4.78, 5) is 11.6. The van der Waals surface area contributed by atoms with Crippen molar-refractivity contribution >= 4 is 52.6 Å². The molecule has 0 bridgehead atoms. The van der Waals surface area contributed by atoms with Crippen LogP contribution in [0.5, 0.6) is 0 Å². The van der Waals surface area contributed by atoms with Crippen molar-refractivity contribution in [1.29, 1.82) is 0 Å². The Morgan fingerprint density at radius 1 is 1.33 bits per heavy atom. The van der Waals surface area contributed by atoms with Crippen molar-refractivity contribution < 1.29 is 4.74 Å². The molecular formula is C16H25IN4OS2. The molecule has 0 aliphatic heterocycles. The zero-order valence-corrected chi connectivity index (χ0v) is 18.3. The molecule has 0 aromatic carbocycles. The smallest absolute Gasteiger partial charge is 0.191 e. The number of nitrogens with one attached hydrogen (secondary N) is 2. The molecule has 0 aliphatic carbocycles. The largest absolute Gasteiger partial charge is 0.383 e. The first-order valence-electron chi connectivity index (χ1n) is 7.75. The normalized spacial score (nSPS) is 11.2. The van der Waals surface area contributed by atoms with Gasteiger partial charge in [0.1, 0.15) is 0 Å². The first kappa shape index (κ1) is 21.3. The van der Waals surface area contributed by atoms with E-state index >= 15 is 0 Å². The van der Waals surface area contributed by atoms with Crippen LogP contribution in [0.15, 0.2) is 22.5 Å². The van der Waals surface area contributed by atoms with Gasteiger partial charge in [-0.1, -0.05) is 0 Å². The minimum absolute atomic E-state index is 0. The molecule has 0 fully saturated rings. The lowest BCUT2D eigenvalue weighted by atomic mass is 10.3. The number of hydrogen-bond donors (Lipinski definition) is 2. The zero-order chi connectivity index (χ0) is 16.5. The number of methoxy groups -OCH3 is 1. The van der Waals surface area contributed by atoms with E-state index in [1.165, 1.54) is 9.75 Å². The van der Waals surface area contributed by atoms with E-state index in [4.69, 9.17) is 4.74 Å². The summed E-state index contributed by atoms with van der Waals surface area (Å²) in [6, 6.07) is 4.34. The number of aryl methyl sites for hydroxylation is 1. The standard InChI is InChI=1S/C16H24N4OS2.HI/c1-4-17-16(19-9-10-21-3)18-8-7-13-5-6-15(23-13)14-11-22-12(2)20-14;/h5-6,11H,4,7-10H2,1-3H3,(H2,17,18,19);1H. The van der Waals surface area contributed by atoms with Gasteiger partial charge in [0.2, 0.25) is 0 Å². The van der Waals surface area contributed by atoms with E-state index < -0.39 is 0 Å². The predicted octanol–water partition coefficient (Wildman–Crippen LogP) is 3.54. The van der Waals surface area contributed by atoms with Crippen LogP contribution in [0, 0.1) is 6.92 Å². The summed E-state index contributed by atoms with van der Waals surface area (Å²) < 4.78 is 5.02. The van der Waals surface area contributed by atoms with E-state index in [2.05, 4.69) is 45.0 Å². The second kappa shape index (κ2) is 11.8. The Labute approximate surface area is 169 Å². The van der Waals surface area contributed by atoms with Crippen LogP contribution in [0.2, 0.25) is 0 Å². The molecule has 0 aliphatic rings. The van der Waals surface area contributed by atoms with Crippen LogP contribution < -0.4 is 10.6 Å². The summed E-state index contributed by atoms with van der Waals surface area (Å²) in [5, 5.41) is 9.83. The molecule has 0 amide bonds. The summed E-state index contributed by atoms with van der Waals surface area (Å²) in [7, 11) is 1.69. The van der Waals surface area contributed by atoms with Gasteiger partial charge in [0.15, 0.2) is 5.96 Å². The maximum absolute atomic E-state index is 5.02. The molecule has 2 aromatic heterocycles. The van der Waals surface area contributed by atoms with Crippen molar-refractivity contribution in [3.63, 3.8) is 0 Å². The molecule has 2 heterocycles. The summed E-state index contributed by atoms with van der Waals surface area (Å²) in [6.07, 6.45) is 0.975. The molecule has 0 saturated carbocycles. The number of nitrogens with zero attached hydrogens (tertiary/aromatic N) is 2. The van der Waals surface area contributed by atoms with Gasteiger partial charge in [0.05, 0.1) is 28.7 Å². The number of aliphatic imine (C=N–C) groups is 1. The van der Waals surface area contributed by atoms with Crippen LogP contribution in [-0.4, -0.2) is 44.3 Å². The monoisotopic (exact) mass is 480 g/mol. The number of guanidine groups is 1. The minimum atomic E-state index is 0. The number of rotatable bonds is 8. The third-order valence-corrected chi connectivity index (χ3v) is 5.05. The molecule has 0 unspecified atom stereocenters. The lowest BCUT2D eigenvalue weighted by Crippen LogP contribution is -2.38. The van der Waals surface area contributed by atoms with Gasteiger partial charge in [0, 0.05) is 30.5 Å². The van der Waals surface area contributed by atoms with E-state index in [-0.39, 0.29) is 24.0 Å². The third kappa shape index (κ3) is 7.04. The van der Waals surface area contributed by atoms with Crippen LogP contribution >= 0.6 is 46.7 Å². The van der Waals surface area contributed by atoms with Gasteiger partial charge in [-0.05, 0) is 32.4 Å². The highest BCUT2D eigenvalue weighted by molar-refractivity contribution is 14.0. The maximum Gasteiger partial charge on any atom is 0.191 e. The molecular weight excluding hydrogens is 455 g/mol. The Morgan fingerprint density at radius 2 is 2.17 bits per heavy atom. The summed E-state index contributed by atoms with van der Waals surface area (Å²) in [5.74, 6) is 0.844. The molecule has 0 spiro atoms. The fraction of sp³-hybridized carbons (Fsp3) is 0.500. The lowest BCUT2D eigenvalue weighted by Gasteiger charge is -2.10. The Morgan fingerprint density at radius 3 is 2.83 bits per heavy atom. The second-order valence-corrected chi connectivity index (χ2v) is 7.18. The lowest BCUT2D eigenvalue weighted by molar-refractivity contribution is 0.208. The third-order valence-electron chi connectivity index (χ3n) is 3.11. The van der Waals surface area contributed by atoms with Crippen LogP contribution in [0.3, 0.4) is 0 Å². The molecule has 2 N–H and O–H groups in total. The number of thiophene rings is 1. The van der Waals surface area contributed by atoms with E-state index in [0.717, 1.165) is 36.2 Å². The number of thiazole rings is 1. The zero-order valence-electron chi connectivity index (χ0n) is 14.3. The van der Waals surface area contributed by atoms with Crippen LogP contribution in [-0.2, 0) is 11.2 Å². The van der Waals surface area contributed by atoms with Gasteiger partial charge in [-0.15, -0.1) is 46.7 Å². The predicted molar refractivity (Wildman–Crippen MR) is 115 cm³/mol. The fourth-order valence-corrected chi connectivity index (χ4v) is 3.68. The van der Waals surface area contributed by atoms with Gasteiger partial charge < -0.3 is 15.4 Å². The van der Waals surface area contributed by atoms with E-state index in [1.807, 2.05) is 18.3 Å². The van der Waals surface area contributed by atoms with Gasteiger partial charge in [0.25, 0.3) is 0 Å². The first-order valence-corrected chi connectivity index (χ1v) is 9.45. The topological polar surface area (TPSA) is 58.5 Å². The molecule has 0 radical (unpaired) electrons. The van der Waals surface area contributed by atoms with E-state index in [1.54, 1.807) is 18.4 Å². The highest BCUT2D eigenvalue weighted by Crippen LogP contribution is 2.29. The molecule has 2 rings (SSSR count). The van der Waals surface area contributed by atoms with Crippen molar-refractivity contribution in [2.24, 2.45) is 4.99 Å². The molecule has 8 heteroatoms. The molecule has 24 heavy (non-hydrogen) atoms. The molecule has 0 atom stereocenters. The highest BCUT2D eigenvalue weighted by Gasteiger charge is 2.06. The van der Waals surface area contributed by atoms with Crippen LogP contribution in [0.4, 0.5) is 0 Å². The maximum atomic E-state index is 5.02. The minimum Gasteiger partial charge on any atom is -0.383 e. The van der Waals surface area contributed by atoms with Gasteiger partial charge in [-0.25, -0.2) is 4.98 Å². The van der Waals surface area contributed by atoms with E-state index in [0.29, 0.717) is 13.2 Å². The van der Waals surface area contributed by atoms with Gasteiger partial charge in [-0.3, -0.25) is 4.99 Å². The average molecular weight is 480 g/mol. The van der Waals surface area contributed by atoms with Crippen molar-refractivity contribution in [1.82, 2.24) is 15.6 Å². The number of ether oxygens (including phenoxy) is 1. The van der Waals surface area contributed by atoms with Crippen molar-refractivity contribution in [2.75, 3.05) is 33.4 Å².